The maximum absolute atomic E-state index is 13.5. The van der Waals surface area contributed by atoms with Crippen LogP contribution in [0.15, 0.2) is 36.4 Å². The molecule has 8 heteroatoms. The molecule has 172 valence electrons. The Morgan fingerprint density at radius 2 is 1.66 bits per heavy atom. The largest absolute Gasteiger partial charge is 0.348 e. The van der Waals surface area contributed by atoms with E-state index < -0.39 is 17.5 Å². The number of likely N-dealkylation sites (tertiary alicyclic amines) is 1. The standard InChI is InChI=1S/C24H26Cl2F2N2O2/c1-14(2)22(29-24(32)17-4-6-20(27)21(28)12-17)13-30-9-7-15(8-10-30)23(31)16-3-5-18(25)19(26)11-16/h3-6,11-12,14-15,22H,7-10,13H2,1-2H3,(H,29,32). The molecule has 1 amide bonds. The molecule has 2 aromatic carbocycles. The number of nitrogens with zero attached hydrogens (tertiary/aromatic N) is 1. The highest BCUT2D eigenvalue weighted by atomic mass is 35.5. The van der Waals surface area contributed by atoms with Crippen molar-refractivity contribution >= 4 is 34.9 Å². The van der Waals surface area contributed by atoms with Gasteiger partial charge in [-0.3, -0.25) is 9.59 Å². The highest BCUT2D eigenvalue weighted by Crippen LogP contribution is 2.27. The van der Waals surface area contributed by atoms with Gasteiger partial charge in [0.2, 0.25) is 0 Å². The number of hydrogen-bond donors (Lipinski definition) is 1. The van der Waals surface area contributed by atoms with Gasteiger partial charge in [-0.1, -0.05) is 37.0 Å². The summed E-state index contributed by atoms with van der Waals surface area (Å²) in [6.07, 6.45) is 1.42. The van der Waals surface area contributed by atoms with E-state index in [0.717, 1.165) is 25.2 Å². The van der Waals surface area contributed by atoms with Gasteiger partial charge in [0.25, 0.3) is 5.91 Å². The molecule has 0 radical (unpaired) electrons. The van der Waals surface area contributed by atoms with E-state index in [1.54, 1.807) is 18.2 Å². The molecule has 1 heterocycles. The van der Waals surface area contributed by atoms with E-state index in [1.807, 2.05) is 13.8 Å². The fourth-order valence-corrected chi connectivity index (χ4v) is 4.15. The number of halogens is 4. The Morgan fingerprint density at radius 1 is 1.00 bits per heavy atom. The average molecular weight is 483 g/mol. The lowest BCUT2D eigenvalue weighted by atomic mass is 9.88. The van der Waals surface area contributed by atoms with E-state index in [4.69, 9.17) is 23.2 Å². The number of nitrogens with one attached hydrogen (secondary N) is 1. The summed E-state index contributed by atoms with van der Waals surface area (Å²) in [7, 11) is 0. The topological polar surface area (TPSA) is 49.4 Å². The first kappa shape index (κ1) is 24.6. The van der Waals surface area contributed by atoms with Crippen molar-refractivity contribution in [1.29, 1.82) is 0 Å². The van der Waals surface area contributed by atoms with Gasteiger partial charge in [-0.05, 0) is 68.2 Å². The zero-order chi connectivity index (χ0) is 23.4. The third-order valence-corrected chi connectivity index (χ3v) is 6.66. The van der Waals surface area contributed by atoms with Gasteiger partial charge in [0.05, 0.1) is 10.0 Å². The smallest absolute Gasteiger partial charge is 0.251 e. The van der Waals surface area contributed by atoms with Crippen LogP contribution in [0.4, 0.5) is 8.78 Å². The number of rotatable bonds is 7. The Morgan fingerprint density at radius 3 is 2.25 bits per heavy atom. The predicted molar refractivity (Wildman–Crippen MR) is 122 cm³/mol. The molecule has 1 saturated heterocycles. The molecule has 3 rings (SSSR count). The number of piperidine rings is 1. The number of hydrogen-bond acceptors (Lipinski definition) is 3. The summed E-state index contributed by atoms with van der Waals surface area (Å²) >= 11 is 12.0. The van der Waals surface area contributed by atoms with Gasteiger partial charge in [0.1, 0.15) is 0 Å². The number of carbonyl (C=O) groups is 2. The summed E-state index contributed by atoms with van der Waals surface area (Å²) in [4.78, 5) is 27.6. The van der Waals surface area contributed by atoms with Crippen molar-refractivity contribution in [3.05, 3.63) is 69.2 Å². The third-order valence-electron chi connectivity index (χ3n) is 5.92. The minimum Gasteiger partial charge on any atom is -0.348 e. The zero-order valence-corrected chi connectivity index (χ0v) is 19.5. The molecule has 4 nitrogen and oxygen atoms in total. The fourth-order valence-electron chi connectivity index (χ4n) is 3.85. The molecule has 2 aromatic rings. The Kier molecular flexibility index (Phi) is 8.26. The fraction of sp³-hybridized carbons (Fsp3) is 0.417. The lowest BCUT2D eigenvalue weighted by molar-refractivity contribution is 0.0811. The average Bonchev–Trinajstić information content (AvgIpc) is 2.77. The second-order valence-corrected chi connectivity index (χ2v) is 9.34. The molecular weight excluding hydrogens is 457 g/mol. The van der Waals surface area contributed by atoms with Crippen LogP contribution in [-0.2, 0) is 0 Å². The van der Waals surface area contributed by atoms with Crippen LogP contribution in [0.3, 0.4) is 0 Å². The van der Waals surface area contributed by atoms with Crippen molar-refractivity contribution in [2.45, 2.75) is 32.7 Å². The Hall–Kier alpha value is -2.02. The maximum Gasteiger partial charge on any atom is 0.251 e. The number of ketones is 1. The number of Topliss-reactive ketones (excluding diaryl/α,β-unsaturated/α-hetero) is 1. The van der Waals surface area contributed by atoms with Crippen LogP contribution in [0.5, 0.6) is 0 Å². The van der Waals surface area contributed by atoms with Crippen molar-refractivity contribution in [2.75, 3.05) is 19.6 Å². The van der Waals surface area contributed by atoms with Crippen LogP contribution in [0.2, 0.25) is 10.0 Å². The minimum absolute atomic E-state index is 0.0651. The van der Waals surface area contributed by atoms with E-state index in [9.17, 15) is 18.4 Å². The van der Waals surface area contributed by atoms with Gasteiger partial charge in [-0.25, -0.2) is 8.78 Å². The Labute approximate surface area is 196 Å². The van der Waals surface area contributed by atoms with E-state index in [-0.39, 0.29) is 29.2 Å². The summed E-state index contributed by atoms with van der Waals surface area (Å²) < 4.78 is 26.6. The van der Waals surface area contributed by atoms with Gasteiger partial charge in [-0.15, -0.1) is 0 Å². The van der Waals surface area contributed by atoms with Gasteiger partial charge in [-0.2, -0.15) is 0 Å². The van der Waals surface area contributed by atoms with Crippen LogP contribution in [0, 0.1) is 23.5 Å². The molecule has 0 aromatic heterocycles. The highest BCUT2D eigenvalue weighted by molar-refractivity contribution is 6.42. The van der Waals surface area contributed by atoms with Gasteiger partial charge < -0.3 is 10.2 Å². The molecule has 32 heavy (non-hydrogen) atoms. The van der Waals surface area contributed by atoms with Crippen LogP contribution >= 0.6 is 23.2 Å². The lowest BCUT2D eigenvalue weighted by Gasteiger charge is -2.35. The van der Waals surface area contributed by atoms with E-state index in [1.165, 1.54) is 6.07 Å². The molecule has 0 spiro atoms. The summed E-state index contributed by atoms with van der Waals surface area (Å²) in [5.74, 6) is -2.35. The van der Waals surface area contributed by atoms with E-state index >= 15 is 0 Å². The van der Waals surface area contributed by atoms with Crippen molar-refractivity contribution < 1.29 is 18.4 Å². The van der Waals surface area contributed by atoms with Gasteiger partial charge >= 0.3 is 0 Å². The molecule has 0 aliphatic carbocycles. The molecule has 1 aliphatic rings. The van der Waals surface area contributed by atoms with Crippen LogP contribution in [-0.4, -0.2) is 42.3 Å². The molecule has 1 fully saturated rings. The summed E-state index contributed by atoms with van der Waals surface area (Å²) in [5, 5.41) is 3.72. The molecule has 1 unspecified atom stereocenters. The normalized spacial score (nSPS) is 16.2. The monoisotopic (exact) mass is 482 g/mol. The molecule has 1 N–H and O–H groups in total. The lowest BCUT2D eigenvalue weighted by Crippen LogP contribution is -2.49. The quantitative estimate of drug-likeness (QED) is 0.520. The maximum atomic E-state index is 13.5. The molecule has 0 saturated carbocycles. The number of amides is 1. The Balaban J connectivity index is 1.56. The summed E-state index contributed by atoms with van der Waals surface area (Å²) in [6, 6.07) is 7.90. The zero-order valence-electron chi connectivity index (χ0n) is 18.0. The predicted octanol–water partition coefficient (Wildman–Crippen LogP) is 5.62. The van der Waals surface area contributed by atoms with Crippen LogP contribution < -0.4 is 5.32 Å². The number of carbonyl (C=O) groups excluding carboxylic acids is 2. The SMILES string of the molecule is CC(C)C(CN1CCC(C(=O)c2ccc(Cl)c(Cl)c2)CC1)NC(=O)c1ccc(F)c(F)c1. The van der Waals surface area contributed by atoms with Crippen LogP contribution in [0.1, 0.15) is 47.4 Å². The second kappa shape index (κ2) is 10.7. The molecule has 1 aliphatic heterocycles. The Bertz CT molecular complexity index is 992. The van der Waals surface area contributed by atoms with E-state index in [2.05, 4.69) is 10.2 Å². The first-order valence-electron chi connectivity index (χ1n) is 10.6. The van der Waals surface area contributed by atoms with Gasteiger partial charge in [0.15, 0.2) is 17.4 Å². The number of benzene rings is 2. The third kappa shape index (κ3) is 6.06. The van der Waals surface area contributed by atoms with E-state index in [0.29, 0.717) is 35.0 Å². The van der Waals surface area contributed by atoms with Crippen molar-refractivity contribution in [1.82, 2.24) is 10.2 Å². The highest BCUT2D eigenvalue weighted by Gasteiger charge is 2.28. The summed E-state index contributed by atoms with van der Waals surface area (Å²) in [5.41, 5.74) is 0.650. The van der Waals surface area contributed by atoms with Crippen molar-refractivity contribution in [3.63, 3.8) is 0 Å². The van der Waals surface area contributed by atoms with Gasteiger partial charge in [0, 0.05) is 29.6 Å². The second-order valence-electron chi connectivity index (χ2n) is 8.52. The molecule has 0 bridgehead atoms. The first-order chi connectivity index (χ1) is 15.2. The van der Waals surface area contributed by atoms with Crippen molar-refractivity contribution in [2.24, 2.45) is 11.8 Å². The van der Waals surface area contributed by atoms with Crippen molar-refractivity contribution in [3.8, 4) is 0 Å². The summed E-state index contributed by atoms with van der Waals surface area (Å²) in [6.45, 7) is 6.05. The van der Waals surface area contributed by atoms with Crippen LogP contribution in [0.25, 0.3) is 0 Å². The minimum atomic E-state index is -1.05. The first-order valence-corrected chi connectivity index (χ1v) is 11.4. The molecular formula is C24H26Cl2F2N2O2. The molecule has 1 atom stereocenters.